The molecule has 2 rings (SSSR count). The summed E-state index contributed by atoms with van der Waals surface area (Å²) in [5.74, 6) is 0.463. The Morgan fingerprint density at radius 2 is 1.60 bits per heavy atom. The van der Waals surface area contributed by atoms with E-state index in [4.69, 9.17) is 0 Å². The van der Waals surface area contributed by atoms with Gasteiger partial charge in [0.25, 0.3) is 0 Å². The lowest BCUT2D eigenvalue weighted by Crippen LogP contribution is -2.15. The van der Waals surface area contributed by atoms with Gasteiger partial charge >= 0.3 is 0 Å². The highest BCUT2D eigenvalue weighted by Gasteiger charge is 2.07. The monoisotopic (exact) mass is 285 g/mol. The zero-order chi connectivity index (χ0) is 14.5. The van der Waals surface area contributed by atoms with Crippen LogP contribution in [0, 0.1) is 20.8 Å². The van der Waals surface area contributed by atoms with Gasteiger partial charge in [-0.2, -0.15) is 0 Å². The summed E-state index contributed by atoms with van der Waals surface area (Å²) in [4.78, 5) is 13.1. The SMILES string of the molecule is Cc1ccc(SCC(=O)Nc2c(C)cccc2C)cc1. The number of para-hydroxylation sites is 1. The summed E-state index contributed by atoms with van der Waals surface area (Å²) in [5, 5.41) is 3.00. The Bertz CT molecular complexity index is 585. The van der Waals surface area contributed by atoms with Crippen molar-refractivity contribution < 1.29 is 4.79 Å². The highest BCUT2D eigenvalue weighted by molar-refractivity contribution is 8.00. The van der Waals surface area contributed by atoms with Crippen molar-refractivity contribution in [2.45, 2.75) is 25.7 Å². The number of anilines is 1. The van der Waals surface area contributed by atoms with E-state index in [9.17, 15) is 4.79 Å². The number of hydrogen-bond acceptors (Lipinski definition) is 2. The van der Waals surface area contributed by atoms with Gasteiger partial charge in [0, 0.05) is 10.6 Å². The van der Waals surface area contributed by atoms with Crippen molar-refractivity contribution in [2.24, 2.45) is 0 Å². The maximum Gasteiger partial charge on any atom is 0.234 e. The maximum atomic E-state index is 12.0. The minimum atomic E-state index is 0.0352. The fraction of sp³-hybridized carbons (Fsp3) is 0.235. The van der Waals surface area contributed by atoms with E-state index in [-0.39, 0.29) is 5.91 Å². The fourth-order valence-corrected chi connectivity index (χ4v) is 2.67. The van der Waals surface area contributed by atoms with Crippen LogP contribution in [0.2, 0.25) is 0 Å². The molecule has 2 nitrogen and oxygen atoms in total. The lowest BCUT2D eigenvalue weighted by Gasteiger charge is -2.11. The first kappa shape index (κ1) is 14.7. The van der Waals surface area contributed by atoms with Crippen LogP contribution in [0.3, 0.4) is 0 Å². The largest absolute Gasteiger partial charge is 0.325 e. The Balaban J connectivity index is 1.94. The van der Waals surface area contributed by atoms with Gasteiger partial charge in [-0.25, -0.2) is 0 Å². The molecule has 0 atom stereocenters. The van der Waals surface area contributed by atoms with Crippen LogP contribution in [0.15, 0.2) is 47.4 Å². The summed E-state index contributed by atoms with van der Waals surface area (Å²) in [5.41, 5.74) is 4.36. The van der Waals surface area contributed by atoms with Gasteiger partial charge in [-0.05, 0) is 44.0 Å². The van der Waals surface area contributed by atoms with E-state index in [1.807, 2.05) is 44.2 Å². The average Bonchev–Trinajstić information content (AvgIpc) is 2.42. The van der Waals surface area contributed by atoms with Crippen LogP contribution in [-0.2, 0) is 4.79 Å². The van der Waals surface area contributed by atoms with Crippen LogP contribution in [0.5, 0.6) is 0 Å². The Labute approximate surface area is 124 Å². The number of carbonyl (C=O) groups is 1. The molecule has 0 unspecified atom stereocenters. The van der Waals surface area contributed by atoms with E-state index in [0.29, 0.717) is 5.75 Å². The van der Waals surface area contributed by atoms with Crippen LogP contribution < -0.4 is 5.32 Å². The highest BCUT2D eigenvalue weighted by Crippen LogP contribution is 2.21. The first-order valence-electron chi connectivity index (χ1n) is 6.62. The molecule has 104 valence electrons. The Kier molecular flexibility index (Phi) is 4.85. The molecular formula is C17H19NOS. The lowest BCUT2D eigenvalue weighted by atomic mass is 10.1. The van der Waals surface area contributed by atoms with Crippen molar-refractivity contribution in [3.63, 3.8) is 0 Å². The van der Waals surface area contributed by atoms with Crippen LogP contribution >= 0.6 is 11.8 Å². The number of aryl methyl sites for hydroxylation is 3. The molecule has 0 aromatic heterocycles. The Hall–Kier alpha value is -1.74. The zero-order valence-corrected chi connectivity index (χ0v) is 12.9. The van der Waals surface area contributed by atoms with E-state index in [2.05, 4.69) is 24.4 Å². The second-order valence-corrected chi connectivity index (χ2v) is 5.97. The molecule has 0 radical (unpaired) electrons. The van der Waals surface area contributed by atoms with Gasteiger partial charge in [-0.15, -0.1) is 11.8 Å². The molecule has 0 heterocycles. The number of benzene rings is 2. The summed E-state index contributed by atoms with van der Waals surface area (Å²) in [7, 11) is 0. The summed E-state index contributed by atoms with van der Waals surface area (Å²) >= 11 is 1.56. The van der Waals surface area contributed by atoms with Crippen LogP contribution in [0.4, 0.5) is 5.69 Å². The molecule has 0 aliphatic carbocycles. The second kappa shape index (κ2) is 6.62. The van der Waals surface area contributed by atoms with E-state index in [1.54, 1.807) is 11.8 Å². The molecule has 0 saturated carbocycles. The first-order chi connectivity index (χ1) is 9.56. The molecule has 1 N–H and O–H groups in total. The Morgan fingerprint density at radius 1 is 1.00 bits per heavy atom. The number of hydrogen-bond donors (Lipinski definition) is 1. The van der Waals surface area contributed by atoms with Gasteiger partial charge in [0.05, 0.1) is 5.75 Å². The fourth-order valence-electron chi connectivity index (χ4n) is 1.97. The quantitative estimate of drug-likeness (QED) is 0.847. The number of rotatable bonds is 4. The number of nitrogens with one attached hydrogen (secondary N) is 1. The molecule has 1 amide bonds. The van der Waals surface area contributed by atoms with Gasteiger partial charge in [0.2, 0.25) is 5.91 Å². The van der Waals surface area contributed by atoms with Gasteiger partial charge < -0.3 is 5.32 Å². The number of amides is 1. The predicted octanol–water partition coefficient (Wildman–Crippen LogP) is 4.34. The number of thioether (sulfide) groups is 1. The number of carbonyl (C=O) groups excluding carboxylic acids is 1. The third-order valence-corrected chi connectivity index (χ3v) is 4.15. The predicted molar refractivity (Wildman–Crippen MR) is 86.4 cm³/mol. The molecule has 0 bridgehead atoms. The minimum absolute atomic E-state index is 0.0352. The van der Waals surface area contributed by atoms with Gasteiger partial charge in [0.1, 0.15) is 0 Å². The highest BCUT2D eigenvalue weighted by atomic mass is 32.2. The summed E-state index contributed by atoms with van der Waals surface area (Å²) in [6.45, 7) is 6.08. The molecule has 20 heavy (non-hydrogen) atoms. The third kappa shape index (κ3) is 3.87. The Morgan fingerprint density at radius 3 is 2.20 bits per heavy atom. The van der Waals surface area contributed by atoms with Crippen molar-refractivity contribution in [2.75, 3.05) is 11.1 Å². The van der Waals surface area contributed by atoms with E-state index in [1.165, 1.54) is 5.56 Å². The molecule has 0 spiro atoms. The molecular weight excluding hydrogens is 266 g/mol. The standard InChI is InChI=1S/C17H19NOS/c1-12-7-9-15(10-8-12)20-11-16(19)18-17-13(2)5-4-6-14(17)3/h4-10H,11H2,1-3H3,(H,18,19). The molecule has 2 aromatic rings. The van der Waals surface area contributed by atoms with Crippen LogP contribution in [0.25, 0.3) is 0 Å². The third-order valence-electron chi connectivity index (χ3n) is 3.14. The van der Waals surface area contributed by atoms with Crippen molar-refractivity contribution in [1.82, 2.24) is 0 Å². The zero-order valence-electron chi connectivity index (χ0n) is 12.1. The van der Waals surface area contributed by atoms with Crippen LogP contribution in [-0.4, -0.2) is 11.7 Å². The van der Waals surface area contributed by atoms with Crippen molar-refractivity contribution in [1.29, 1.82) is 0 Å². The van der Waals surface area contributed by atoms with Crippen molar-refractivity contribution >= 4 is 23.4 Å². The van der Waals surface area contributed by atoms with E-state index >= 15 is 0 Å². The average molecular weight is 285 g/mol. The molecule has 2 aromatic carbocycles. The summed E-state index contributed by atoms with van der Waals surface area (Å²) < 4.78 is 0. The first-order valence-corrected chi connectivity index (χ1v) is 7.60. The molecule has 0 aliphatic heterocycles. The van der Waals surface area contributed by atoms with Crippen molar-refractivity contribution in [3.05, 3.63) is 59.2 Å². The minimum Gasteiger partial charge on any atom is -0.325 e. The molecule has 0 aliphatic rings. The molecule has 3 heteroatoms. The summed E-state index contributed by atoms with van der Waals surface area (Å²) in [6, 6.07) is 14.2. The molecule has 0 fully saturated rings. The topological polar surface area (TPSA) is 29.1 Å². The van der Waals surface area contributed by atoms with Crippen LogP contribution in [0.1, 0.15) is 16.7 Å². The summed E-state index contributed by atoms with van der Waals surface area (Å²) in [6.07, 6.45) is 0. The van der Waals surface area contributed by atoms with Crippen molar-refractivity contribution in [3.8, 4) is 0 Å². The second-order valence-electron chi connectivity index (χ2n) is 4.92. The maximum absolute atomic E-state index is 12.0. The normalized spacial score (nSPS) is 10.3. The van der Waals surface area contributed by atoms with E-state index in [0.717, 1.165) is 21.7 Å². The van der Waals surface area contributed by atoms with Gasteiger partial charge in [0.15, 0.2) is 0 Å². The van der Waals surface area contributed by atoms with E-state index < -0.39 is 0 Å². The smallest absolute Gasteiger partial charge is 0.234 e. The van der Waals surface area contributed by atoms with Gasteiger partial charge in [-0.3, -0.25) is 4.79 Å². The van der Waals surface area contributed by atoms with Gasteiger partial charge in [-0.1, -0.05) is 35.9 Å². The lowest BCUT2D eigenvalue weighted by molar-refractivity contribution is -0.113. The molecule has 0 saturated heterocycles.